The molecular formula is C14H13F3N2O. The lowest BCUT2D eigenvalue weighted by Crippen LogP contribution is -2.14. The maximum atomic E-state index is 12.5. The molecule has 3 nitrogen and oxygen atoms in total. The molecule has 1 unspecified atom stereocenters. The fourth-order valence-corrected chi connectivity index (χ4v) is 1.88. The molecule has 0 bridgehead atoms. The molecule has 1 heterocycles. The minimum Gasteiger partial charge on any atom is -0.495 e. The lowest BCUT2D eigenvalue weighted by Gasteiger charge is -2.16. The fraction of sp³-hybridized carbons (Fsp3) is 0.214. The van der Waals surface area contributed by atoms with Gasteiger partial charge in [-0.3, -0.25) is 4.98 Å². The molecule has 0 saturated carbocycles. The van der Waals surface area contributed by atoms with Crippen LogP contribution in [0.1, 0.15) is 22.7 Å². The van der Waals surface area contributed by atoms with E-state index in [0.29, 0.717) is 16.9 Å². The first-order valence-electron chi connectivity index (χ1n) is 5.84. The Kier molecular flexibility index (Phi) is 3.94. The van der Waals surface area contributed by atoms with Crippen LogP contribution in [0.2, 0.25) is 0 Å². The molecule has 0 radical (unpaired) electrons. The molecule has 0 saturated heterocycles. The molecule has 0 aliphatic heterocycles. The number of hydrogen-bond acceptors (Lipinski definition) is 3. The summed E-state index contributed by atoms with van der Waals surface area (Å²) in [5.74, 6) is 0.500. The summed E-state index contributed by atoms with van der Waals surface area (Å²) in [5, 5.41) is 0. The minimum absolute atomic E-state index is 0.500. The van der Waals surface area contributed by atoms with Crippen molar-refractivity contribution in [2.75, 3.05) is 7.11 Å². The molecule has 1 atom stereocenters. The fourth-order valence-electron chi connectivity index (χ4n) is 1.88. The van der Waals surface area contributed by atoms with Crippen LogP contribution >= 0.6 is 0 Å². The Hall–Kier alpha value is -2.08. The molecule has 0 aliphatic rings. The van der Waals surface area contributed by atoms with E-state index in [1.165, 1.54) is 25.4 Å². The van der Waals surface area contributed by atoms with Crippen LogP contribution in [0.15, 0.2) is 42.7 Å². The number of nitrogens with two attached hydrogens (primary N) is 1. The van der Waals surface area contributed by atoms with Gasteiger partial charge in [0.2, 0.25) is 0 Å². The van der Waals surface area contributed by atoms with Crippen LogP contribution in [0.25, 0.3) is 0 Å². The molecule has 1 aromatic carbocycles. The summed E-state index contributed by atoms with van der Waals surface area (Å²) >= 11 is 0. The smallest absolute Gasteiger partial charge is 0.416 e. The highest BCUT2D eigenvalue weighted by atomic mass is 19.4. The quantitative estimate of drug-likeness (QED) is 0.940. The van der Waals surface area contributed by atoms with Crippen molar-refractivity contribution in [2.24, 2.45) is 5.73 Å². The highest BCUT2D eigenvalue weighted by Gasteiger charge is 2.30. The summed E-state index contributed by atoms with van der Waals surface area (Å²) in [6.45, 7) is 0. The Bertz CT molecular complexity index is 582. The van der Waals surface area contributed by atoms with Gasteiger partial charge >= 0.3 is 6.18 Å². The molecule has 6 heteroatoms. The summed E-state index contributed by atoms with van der Waals surface area (Å²) in [5.41, 5.74) is 6.60. The normalized spacial score (nSPS) is 13.1. The standard InChI is InChI=1S/C14H13F3N2O/c1-20-12-8-19-7-6-11(12)13(18)9-2-4-10(5-3-9)14(15,16)17/h2-8,13H,18H2,1H3. The number of hydrogen-bond donors (Lipinski definition) is 1. The SMILES string of the molecule is COc1cnccc1C(N)c1ccc(C(F)(F)F)cc1. The van der Waals surface area contributed by atoms with Gasteiger partial charge in [-0.25, -0.2) is 0 Å². The molecule has 0 aliphatic carbocycles. The van der Waals surface area contributed by atoms with Crippen molar-refractivity contribution < 1.29 is 17.9 Å². The molecule has 0 amide bonds. The zero-order chi connectivity index (χ0) is 14.8. The molecule has 0 spiro atoms. The van der Waals surface area contributed by atoms with Gasteiger partial charge in [0.05, 0.1) is 24.9 Å². The van der Waals surface area contributed by atoms with Crippen molar-refractivity contribution in [1.29, 1.82) is 0 Å². The van der Waals surface area contributed by atoms with Gasteiger partial charge in [0.15, 0.2) is 0 Å². The second kappa shape index (κ2) is 5.50. The number of ether oxygens (including phenoxy) is 1. The maximum Gasteiger partial charge on any atom is 0.416 e. The van der Waals surface area contributed by atoms with E-state index in [9.17, 15) is 13.2 Å². The Labute approximate surface area is 114 Å². The zero-order valence-corrected chi connectivity index (χ0v) is 10.7. The van der Waals surface area contributed by atoms with Crippen molar-refractivity contribution in [3.05, 3.63) is 59.4 Å². The van der Waals surface area contributed by atoms with Crippen LogP contribution < -0.4 is 10.5 Å². The van der Waals surface area contributed by atoms with Crippen molar-refractivity contribution in [3.8, 4) is 5.75 Å². The lowest BCUT2D eigenvalue weighted by atomic mass is 9.98. The predicted octanol–water partition coefficient (Wildman–Crippen LogP) is 3.16. The third-order valence-electron chi connectivity index (χ3n) is 2.97. The maximum absolute atomic E-state index is 12.5. The van der Waals surface area contributed by atoms with E-state index in [-0.39, 0.29) is 0 Å². The number of aromatic nitrogens is 1. The van der Waals surface area contributed by atoms with E-state index in [4.69, 9.17) is 10.5 Å². The zero-order valence-electron chi connectivity index (χ0n) is 10.7. The summed E-state index contributed by atoms with van der Waals surface area (Å²) in [6.07, 6.45) is -1.28. The van der Waals surface area contributed by atoms with E-state index < -0.39 is 17.8 Å². The van der Waals surface area contributed by atoms with Crippen molar-refractivity contribution >= 4 is 0 Å². The minimum atomic E-state index is -4.35. The molecule has 0 fully saturated rings. The first-order valence-corrected chi connectivity index (χ1v) is 5.84. The molecule has 2 rings (SSSR count). The Morgan fingerprint density at radius 2 is 1.80 bits per heavy atom. The average Bonchev–Trinajstić information content (AvgIpc) is 2.45. The van der Waals surface area contributed by atoms with Crippen molar-refractivity contribution in [1.82, 2.24) is 4.98 Å². The van der Waals surface area contributed by atoms with Crippen molar-refractivity contribution in [2.45, 2.75) is 12.2 Å². The number of nitrogens with zero attached hydrogens (tertiary/aromatic N) is 1. The van der Waals surface area contributed by atoms with Crippen LogP contribution in [-0.4, -0.2) is 12.1 Å². The third kappa shape index (κ3) is 2.91. The highest BCUT2D eigenvalue weighted by Crippen LogP contribution is 2.32. The second-order valence-corrected chi connectivity index (χ2v) is 4.22. The summed E-state index contributed by atoms with van der Waals surface area (Å²) < 4.78 is 42.7. The number of methoxy groups -OCH3 is 1. The summed E-state index contributed by atoms with van der Waals surface area (Å²) in [7, 11) is 1.49. The molecule has 2 aromatic rings. The number of benzene rings is 1. The van der Waals surface area contributed by atoms with E-state index in [1.54, 1.807) is 12.3 Å². The molecular weight excluding hydrogens is 269 g/mol. The third-order valence-corrected chi connectivity index (χ3v) is 2.97. The van der Waals surface area contributed by atoms with Gasteiger partial charge in [-0.05, 0) is 23.8 Å². The largest absolute Gasteiger partial charge is 0.495 e. The van der Waals surface area contributed by atoms with E-state index in [2.05, 4.69) is 4.98 Å². The second-order valence-electron chi connectivity index (χ2n) is 4.22. The molecule has 2 N–H and O–H groups in total. The number of halogens is 3. The monoisotopic (exact) mass is 282 g/mol. The van der Waals surface area contributed by atoms with Gasteiger partial charge < -0.3 is 10.5 Å². The van der Waals surface area contributed by atoms with Crippen LogP contribution in [-0.2, 0) is 6.18 Å². The first kappa shape index (κ1) is 14.3. The summed E-state index contributed by atoms with van der Waals surface area (Å²) in [6, 6.07) is 5.88. The summed E-state index contributed by atoms with van der Waals surface area (Å²) in [4.78, 5) is 3.91. The van der Waals surface area contributed by atoms with Crippen LogP contribution in [0.5, 0.6) is 5.75 Å². The lowest BCUT2D eigenvalue weighted by molar-refractivity contribution is -0.137. The molecule has 106 valence electrons. The Morgan fingerprint density at radius 3 is 2.35 bits per heavy atom. The van der Waals surface area contributed by atoms with E-state index in [0.717, 1.165) is 12.1 Å². The molecule has 1 aromatic heterocycles. The van der Waals surface area contributed by atoms with Crippen LogP contribution in [0.3, 0.4) is 0 Å². The topological polar surface area (TPSA) is 48.1 Å². The van der Waals surface area contributed by atoms with Gasteiger partial charge in [0.1, 0.15) is 5.75 Å². The van der Waals surface area contributed by atoms with Gasteiger partial charge in [0.25, 0.3) is 0 Å². The first-order chi connectivity index (χ1) is 9.43. The van der Waals surface area contributed by atoms with Gasteiger partial charge in [0, 0.05) is 11.8 Å². The highest BCUT2D eigenvalue weighted by molar-refractivity contribution is 5.40. The van der Waals surface area contributed by atoms with Gasteiger partial charge in [-0.15, -0.1) is 0 Å². The van der Waals surface area contributed by atoms with E-state index in [1.807, 2.05) is 0 Å². The van der Waals surface area contributed by atoms with Crippen molar-refractivity contribution in [3.63, 3.8) is 0 Å². The van der Waals surface area contributed by atoms with E-state index >= 15 is 0 Å². The van der Waals surface area contributed by atoms with Gasteiger partial charge in [-0.2, -0.15) is 13.2 Å². The molecule has 20 heavy (non-hydrogen) atoms. The Balaban J connectivity index is 2.32. The van der Waals surface area contributed by atoms with Gasteiger partial charge in [-0.1, -0.05) is 12.1 Å². The Morgan fingerprint density at radius 1 is 1.15 bits per heavy atom. The van der Waals surface area contributed by atoms with Crippen LogP contribution in [0, 0.1) is 0 Å². The average molecular weight is 282 g/mol. The predicted molar refractivity (Wildman–Crippen MR) is 68.3 cm³/mol. The number of pyridine rings is 1. The number of rotatable bonds is 3. The number of alkyl halides is 3. The van der Waals surface area contributed by atoms with Crippen LogP contribution in [0.4, 0.5) is 13.2 Å².